The summed E-state index contributed by atoms with van der Waals surface area (Å²) >= 11 is 12.4. The van der Waals surface area contributed by atoms with E-state index < -0.39 is 0 Å². The highest BCUT2D eigenvalue weighted by molar-refractivity contribution is 6.36. The Morgan fingerprint density at radius 1 is 1.00 bits per heavy atom. The van der Waals surface area contributed by atoms with Gasteiger partial charge in [-0.05, 0) is 24.3 Å². The third-order valence-corrected chi connectivity index (χ3v) is 4.19. The van der Waals surface area contributed by atoms with Gasteiger partial charge in [0.05, 0.1) is 16.3 Å². The molecule has 0 unspecified atom stereocenters. The molecule has 0 radical (unpaired) electrons. The molecule has 0 aliphatic carbocycles. The molecule has 2 heterocycles. The first-order chi connectivity index (χ1) is 10.7. The molecule has 0 atom stereocenters. The monoisotopic (exact) mass is 327 g/mol. The molecule has 2 N–H and O–H groups in total. The third-order valence-electron chi connectivity index (χ3n) is 3.64. The summed E-state index contributed by atoms with van der Waals surface area (Å²) in [6.45, 7) is 0. The lowest BCUT2D eigenvalue weighted by atomic mass is 10.0. The van der Waals surface area contributed by atoms with Crippen LogP contribution in [-0.2, 0) is 0 Å². The molecule has 0 spiro atoms. The van der Waals surface area contributed by atoms with E-state index in [0.717, 1.165) is 33.5 Å². The van der Waals surface area contributed by atoms with Gasteiger partial charge in [0.25, 0.3) is 0 Å². The van der Waals surface area contributed by atoms with Gasteiger partial charge in [-0.15, -0.1) is 0 Å². The minimum absolute atomic E-state index is 0.604. The first kappa shape index (κ1) is 13.4. The Labute approximate surface area is 136 Å². The van der Waals surface area contributed by atoms with Crippen molar-refractivity contribution in [3.63, 3.8) is 0 Å². The van der Waals surface area contributed by atoms with E-state index in [1.807, 2.05) is 36.5 Å². The lowest BCUT2D eigenvalue weighted by Gasteiger charge is -2.06. The molecular formula is C17H11Cl2N3. The van der Waals surface area contributed by atoms with Crippen molar-refractivity contribution in [1.82, 2.24) is 15.0 Å². The summed E-state index contributed by atoms with van der Waals surface area (Å²) in [6.07, 6.45) is 3.55. The van der Waals surface area contributed by atoms with E-state index in [4.69, 9.17) is 23.2 Å². The molecular weight excluding hydrogens is 317 g/mol. The number of nitrogens with one attached hydrogen (secondary N) is 2. The predicted octanol–water partition coefficient (Wildman–Crippen LogP) is 5.53. The van der Waals surface area contributed by atoms with Gasteiger partial charge in [0, 0.05) is 33.9 Å². The van der Waals surface area contributed by atoms with Gasteiger partial charge in [-0.25, -0.2) is 4.98 Å². The van der Waals surface area contributed by atoms with E-state index in [2.05, 4.69) is 21.0 Å². The van der Waals surface area contributed by atoms with Gasteiger partial charge < -0.3 is 9.97 Å². The SMILES string of the molecule is Clc1ccc(-c2[nH]c3ccccc3c2-c2ncc[nH]2)c(Cl)c1. The van der Waals surface area contributed by atoms with Crippen molar-refractivity contribution in [2.75, 3.05) is 0 Å². The number of aromatic nitrogens is 3. The van der Waals surface area contributed by atoms with Gasteiger partial charge in [0.15, 0.2) is 0 Å². The predicted molar refractivity (Wildman–Crippen MR) is 91.3 cm³/mol. The van der Waals surface area contributed by atoms with Crippen LogP contribution in [0.3, 0.4) is 0 Å². The lowest BCUT2D eigenvalue weighted by molar-refractivity contribution is 1.31. The molecule has 0 fully saturated rings. The number of para-hydroxylation sites is 1. The van der Waals surface area contributed by atoms with Gasteiger partial charge in [0.1, 0.15) is 5.82 Å². The highest BCUT2D eigenvalue weighted by Gasteiger charge is 2.18. The van der Waals surface area contributed by atoms with E-state index in [-0.39, 0.29) is 0 Å². The molecule has 0 aliphatic heterocycles. The zero-order valence-corrected chi connectivity index (χ0v) is 12.9. The maximum Gasteiger partial charge on any atom is 0.140 e. The van der Waals surface area contributed by atoms with Crippen LogP contribution in [0.4, 0.5) is 0 Å². The molecule has 3 nitrogen and oxygen atoms in total. The van der Waals surface area contributed by atoms with E-state index in [1.165, 1.54) is 0 Å². The first-order valence-corrected chi connectivity index (χ1v) is 7.55. The second-order valence-corrected chi connectivity index (χ2v) is 5.83. The van der Waals surface area contributed by atoms with Crippen LogP contribution < -0.4 is 0 Å². The molecule has 4 aromatic rings. The van der Waals surface area contributed by atoms with Crippen LogP contribution in [0.2, 0.25) is 10.0 Å². The van der Waals surface area contributed by atoms with Gasteiger partial charge >= 0.3 is 0 Å². The summed E-state index contributed by atoms with van der Waals surface area (Å²) in [5.74, 6) is 0.804. The number of rotatable bonds is 2. The Hall–Kier alpha value is -2.23. The highest BCUT2D eigenvalue weighted by Crippen LogP contribution is 2.39. The molecule has 0 saturated heterocycles. The van der Waals surface area contributed by atoms with Crippen molar-refractivity contribution < 1.29 is 0 Å². The maximum atomic E-state index is 6.39. The second-order valence-electron chi connectivity index (χ2n) is 4.98. The number of imidazole rings is 1. The fourth-order valence-corrected chi connectivity index (χ4v) is 3.19. The number of hydrogen-bond acceptors (Lipinski definition) is 1. The average Bonchev–Trinajstić information content (AvgIpc) is 3.13. The largest absolute Gasteiger partial charge is 0.354 e. The van der Waals surface area contributed by atoms with Crippen LogP contribution in [0.15, 0.2) is 54.9 Å². The summed E-state index contributed by atoms with van der Waals surface area (Å²) in [4.78, 5) is 11.0. The van der Waals surface area contributed by atoms with Crippen LogP contribution in [0.5, 0.6) is 0 Å². The van der Waals surface area contributed by atoms with Crippen molar-refractivity contribution in [2.24, 2.45) is 0 Å². The van der Waals surface area contributed by atoms with Gasteiger partial charge in [-0.1, -0.05) is 41.4 Å². The maximum absolute atomic E-state index is 6.39. The Kier molecular flexibility index (Phi) is 3.17. The smallest absolute Gasteiger partial charge is 0.140 e. The van der Waals surface area contributed by atoms with Crippen LogP contribution in [0, 0.1) is 0 Å². The number of aromatic amines is 2. The summed E-state index contributed by atoms with van der Waals surface area (Å²) in [6, 6.07) is 13.6. The van der Waals surface area contributed by atoms with Gasteiger partial charge in [-0.2, -0.15) is 0 Å². The molecule has 5 heteroatoms. The van der Waals surface area contributed by atoms with Gasteiger partial charge in [0.2, 0.25) is 0 Å². The third kappa shape index (κ3) is 2.10. The zero-order chi connectivity index (χ0) is 15.1. The second kappa shape index (κ2) is 5.20. The van der Waals surface area contributed by atoms with Crippen molar-refractivity contribution in [3.8, 4) is 22.6 Å². The fraction of sp³-hybridized carbons (Fsp3) is 0. The van der Waals surface area contributed by atoms with Crippen LogP contribution >= 0.6 is 23.2 Å². The van der Waals surface area contributed by atoms with Crippen molar-refractivity contribution in [3.05, 3.63) is 64.9 Å². The van der Waals surface area contributed by atoms with E-state index in [0.29, 0.717) is 10.0 Å². The molecule has 0 aliphatic rings. The van der Waals surface area contributed by atoms with Crippen LogP contribution in [0.1, 0.15) is 0 Å². The van der Waals surface area contributed by atoms with E-state index in [1.54, 1.807) is 12.3 Å². The van der Waals surface area contributed by atoms with Gasteiger partial charge in [-0.3, -0.25) is 0 Å². The Morgan fingerprint density at radius 2 is 1.86 bits per heavy atom. The van der Waals surface area contributed by atoms with Crippen molar-refractivity contribution in [1.29, 1.82) is 0 Å². The molecule has 2 aromatic carbocycles. The molecule has 0 saturated carbocycles. The summed E-state index contributed by atoms with van der Waals surface area (Å²) in [7, 11) is 0. The highest BCUT2D eigenvalue weighted by atomic mass is 35.5. The van der Waals surface area contributed by atoms with Crippen molar-refractivity contribution >= 4 is 34.1 Å². The Balaban J connectivity index is 2.07. The summed E-state index contributed by atoms with van der Waals surface area (Å²) in [5.41, 5.74) is 3.87. The average molecular weight is 328 g/mol. The van der Waals surface area contributed by atoms with E-state index >= 15 is 0 Å². The van der Waals surface area contributed by atoms with Crippen molar-refractivity contribution in [2.45, 2.75) is 0 Å². The summed E-state index contributed by atoms with van der Waals surface area (Å²) < 4.78 is 0. The molecule has 2 aromatic heterocycles. The number of hydrogen-bond donors (Lipinski definition) is 2. The standard InChI is InChI=1S/C17H11Cl2N3/c18-10-5-6-11(13(19)9-10)16-15(17-20-7-8-21-17)12-3-1-2-4-14(12)22-16/h1-9,22H,(H,20,21). The summed E-state index contributed by atoms with van der Waals surface area (Å²) in [5, 5.41) is 2.31. The molecule has 0 bridgehead atoms. The Bertz CT molecular complexity index is 955. The minimum Gasteiger partial charge on any atom is -0.354 e. The first-order valence-electron chi connectivity index (χ1n) is 6.80. The lowest BCUT2D eigenvalue weighted by Crippen LogP contribution is -1.86. The number of fused-ring (bicyclic) bond motifs is 1. The molecule has 22 heavy (non-hydrogen) atoms. The topological polar surface area (TPSA) is 44.5 Å². The molecule has 4 rings (SSSR count). The number of halogens is 2. The zero-order valence-electron chi connectivity index (χ0n) is 11.4. The minimum atomic E-state index is 0.604. The fourth-order valence-electron chi connectivity index (χ4n) is 2.68. The van der Waals surface area contributed by atoms with Crippen LogP contribution in [-0.4, -0.2) is 15.0 Å². The van der Waals surface area contributed by atoms with Crippen LogP contribution in [0.25, 0.3) is 33.5 Å². The number of nitrogens with zero attached hydrogens (tertiary/aromatic N) is 1. The molecule has 108 valence electrons. The normalized spacial score (nSPS) is 11.2. The Morgan fingerprint density at radius 3 is 2.64 bits per heavy atom. The number of H-pyrrole nitrogens is 2. The number of benzene rings is 2. The van der Waals surface area contributed by atoms with E-state index in [9.17, 15) is 0 Å². The quantitative estimate of drug-likeness (QED) is 0.499. The molecule has 0 amide bonds.